The largest absolute Gasteiger partial charge is 0.492 e. The Labute approximate surface area is 143 Å². The molecular formula is C16H13ClFNO4S. The van der Waals surface area contributed by atoms with Gasteiger partial charge < -0.3 is 10.1 Å². The van der Waals surface area contributed by atoms with Crippen molar-refractivity contribution in [2.45, 2.75) is 17.4 Å². The smallest absolute Gasteiger partial charge is 0.332 e. The third-order valence-corrected chi connectivity index (χ3v) is 4.82. The van der Waals surface area contributed by atoms with E-state index in [1.807, 2.05) is 0 Å². The first-order valence-electron chi connectivity index (χ1n) is 7.13. The van der Waals surface area contributed by atoms with Gasteiger partial charge in [0.2, 0.25) is 0 Å². The van der Waals surface area contributed by atoms with Crippen molar-refractivity contribution in [1.29, 1.82) is 0 Å². The molecule has 0 radical (unpaired) electrons. The number of amides is 1. The number of rotatable bonds is 3. The van der Waals surface area contributed by atoms with Gasteiger partial charge >= 0.3 is 10.2 Å². The number of carbonyl (C=O) groups is 1. The molecule has 2 aromatic carbocycles. The van der Waals surface area contributed by atoms with Gasteiger partial charge in [-0.15, -0.1) is 3.89 Å². The van der Waals surface area contributed by atoms with E-state index < -0.39 is 21.0 Å². The second-order valence-corrected chi connectivity index (χ2v) is 7.04. The second kappa shape index (κ2) is 6.41. The van der Waals surface area contributed by atoms with E-state index in [1.165, 1.54) is 12.1 Å². The Morgan fingerprint density at radius 1 is 1.25 bits per heavy atom. The summed E-state index contributed by atoms with van der Waals surface area (Å²) in [6.45, 7) is 0.389. The van der Waals surface area contributed by atoms with Gasteiger partial charge in [-0.25, -0.2) is 0 Å². The quantitative estimate of drug-likeness (QED) is 0.843. The summed E-state index contributed by atoms with van der Waals surface area (Å²) in [5.74, 6) is 0.0223. The van der Waals surface area contributed by atoms with Crippen molar-refractivity contribution >= 4 is 27.7 Å². The highest BCUT2D eigenvalue weighted by atomic mass is 35.5. The zero-order chi connectivity index (χ0) is 17.3. The lowest BCUT2D eigenvalue weighted by Crippen LogP contribution is -2.32. The van der Waals surface area contributed by atoms with Gasteiger partial charge in [-0.05, 0) is 24.3 Å². The fraction of sp³-hybridized carbons (Fsp3) is 0.188. The Morgan fingerprint density at radius 3 is 2.75 bits per heavy atom. The maximum absolute atomic E-state index is 13.1. The van der Waals surface area contributed by atoms with Crippen LogP contribution in [0.3, 0.4) is 0 Å². The lowest BCUT2D eigenvalue weighted by molar-refractivity contribution is 0.0924. The van der Waals surface area contributed by atoms with E-state index in [-0.39, 0.29) is 11.6 Å². The van der Waals surface area contributed by atoms with E-state index in [0.717, 1.165) is 17.7 Å². The minimum absolute atomic E-state index is 0.0591. The zero-order valence-corrected chi connectivity index (χ0v) is 13.9. The molecule has 0 aromatic heterocycles. The number of ether oxygens (including phenoxy) is 1. The summed E-state index contributed by atoms with van der Waals surface area (Å²) in [5.41, 5.74) is 0.806. The van der Waals surface area contributed by atoms with Crippen molar-refractivity contribution in [3.8, 4) is 5.75 Å². The van der Waals surface area contributed by atoms with Crippen LogP contribution in [0.1, 0.15) is 28.4 Å². The van der Waals surface area contributed by atoms with Crippen LogP contribution in [-0.2, 0) is 10.2 Å². The molecule has 8 heteroatoms. The van der Waals surface area contributed by atoms with Crippen LogP contribution >= 0.6 is 11.6 Å². The van der Waals surface area contributed by atoms with Gasteiger partial charge in [0.15, 0.2) is 0 Å². The molecule has 1 amide bonds. The highest BCUT2D eigenvalue weighted by Crippen LogP contribution is 2.37. The Balaban J connectivity index is 1.86. The summed E-state index contributed by atoms with van der Waals surface area (Å²) in [6.07, 6.45) is 0.542. The molecule has 1 N–H and O–H groups in total. The number of fused-ring (bicyclic) bond motifs is 1. The van der Waals surface area contributed by atoms with Crippen molar-refractivity contribution in [2.75, 3.05) is 6.61 Å². The normalized spacial score (nSPS) is 16.8. The lowest BCUT2D eigenvalue weighted by Gasteiger charge is -2.27. The summed E-state index contributed by atoms with van der Waals surface area (Å²) in [5, 5.41) is 3.26. The first-order chi connectivity index (χ1) is 11.4. The van der Waals surface area contributed by atoms with E-state index in [2.05, 4.69) is 5.32 Å². The molecular weight excluding hydrogens is 357 g/mol. The molecule has 1 heterocycles. The van der Waals surface area contributed by atoms with Gasteiger partial charge in [-0.3, -0.25) is 4.79 Å². The molecule has 0 aliphatic carbocycles. The minimum Gasteiger partial charge on any atom is -0.492 e. The second-order valence-electron chi connectivity index (χ2n) is 5.29. The van der Waals surface area contributed by atoms with Crippen LogP contribution in [0.25, 0.3) is 0 Å². The van der Waals surface area contributed by atoms with Gasteiger partial charge in [0, 0.05) is 17.5 Å². The van der Waals surface area contributed by atoms with E-state index in [0.29, 0.717) is 23.8 Å². The minimum atomic E-state index is -4.86. The van der Waals surface area contributed by atoms with E-state index in [9.17, 15) is 17.1 Å². The Morgan fingerprint density at radius 2 is 2.00 bits per heavy atom. The fourth-order valence-corrected chi connectivity index (χ4v) is 3.31. The highest BCUT2D eigenvalue weighted by molar-refractivity contribution is 7.86. The van der Waals surface area contributed by atoms with Crippen LogP contribution in [0.15, 0.2) is 47.4 Å². The lowest BCUT2D eigenvalue weighted by atomic mass is 10.00. The van der Waals surface area contributed by atoms with Crippen LogP contribution in [-0.4, -0.2) is 20.9 Å². The van der Waals surface area contributed by atoms with E-state index >= 15 is 0 Å². The van der Waals surface area contributed by atoms with E-state index in [4.69, 9.17) is 16.3 Å². The van der Waals surface area contributed by atoms with Gasteiger partial charge in [-0.1, -0.05) is 29.8 Å². The van der Waals surface area contributed by atoms with Crippen molar-refractivity contribution in [3.63, 3.8) is 0 Å². The molecule has 0 spiro atoms. The summed E-state index contributed by atoms with van der Waals surface area (Å²) in [7, 11) is -4.86. The molecule has 0 saturated carbocycles. The average Bonchev–Trinajstić information content (AvgIpc) is 2.55. The van der Waals surface area contributed by atoms with Crippen LogP contribution < -0.4 is 10.1 Å². The van der Waals surface area contributed by atoms with Gasteiger partial charge in [-0.2, -0.15) is 8.42 Å². The number of halogens is 2. The summed E-state index contributed by atoms with van der Waals surface area (Å²) < 4.78 is 40.5. The van der Waals surface area contributed by atoms with Crippen molar-refractivity contribution in [2.24, 2.45) is 0 Å². The van der Waals surface area contributed by atoms with Gasteiger partial charge in [0.25, 0.3) is 5.91 Å². The van der Waals surface area contributed by atoms with Crippen LogP contribution in [0.5, 0.6) is 5.75 Å². The topological polar surface area (TPSA) is 72.5 Å². The predicted octanol–water partition coefficient (Wildman–Crippen LogP) is 3.25. The van der Waals surface area contributed by atoms with Crippen molar-refractivity contribution in [1.82, 2.24) is 5.32 Å². The maximum atomic E-state index is 13.1. The first-order valence-corrected chi connectivity index (χ1v) is 8.89. The zero-order valence-electron chi connectivity index (χ0n) is 12.3. The third-order valence-electron chi connectivity index (χ3n) is 3.71. The van der Waals surface area contributed by atoms with Crippen molar-refractivity contribution in [3.05, 3.63) is 58.6 Å². The molecule has 3 rings (SSSR count). The Kier molecular flexibility index (Phi) is 4.47. The summed E-state index contributed by atoms with van der Waals surface area (Å²) >= 11 is 6.09. The summed E-state index contributed by atoms with van der Waals surface area (Å²) in [6, 6.07) is 9.75. The van der Waals surface area contributed by atoms with Crippen LogP contribution in [0.2, 0.25) is 5.02 Å². The van der Waals surface area contributed by atoms with Gasteiger partial charge in [0.1, 0.15) is 5.75 Å². The maximum Gasteiger partial charge on any atom is 0.332 e. The number of hydrogen-bond donors (Lipinski definition) is 1. The molecule has 0 bridgehead atoms. The van der Waals surface area contributed by atoms with Gasteiger partial charge in [0.05, 0.1) is 22.6 Å². The molecule has 0 fully saturated rings. The number of para-hydroxylation sites is 1. The number of benzene rings is 2. The Hall–Kier alpha value is -2.12. The third kappa shape index (κ3) is 3.37. The average molecular weight is 370 g/mol. The standard InChI is InChI=1S/C16H13ClFNO4S/c17-13-6-2-5-12-14(7-8-23-15(12)13)19-16(20)10-3-1-4-11(9-10)24(18,21)22/h1-6,9,14H,7-8H2,(H,19,20). The van der Waals surface area contributed by atoms with Crippen LogP contribution in [0, 0.1) is 0 Å². The molecule has 1 aliphatic rings. The molecule has 1 aliphatic heterocycles. The number of nitrogens with one attached hydrogen (secondary N) is 1. The van der Waals surface area contributed by atoms with E-state index in [1.54, 1.807) is 18.2 Å². The van der Waals surface area contributed by atoms with Crippen molar-refractivity contribution < 1.29 is 21.8 Å². The number of carbonyl (C=O) groups excluding carboxylic acids is 1. The molecule has 1 unspecified atom stereocenters. The molecule has 24 heavy (non-hydrogen) atoms. The molecule has 2 aromatic rings. The Bertz CT molecular complexity index is 901. The monoisotopic (exact) mass is 369 g/mol. The molecule has 1 atom stereocenters. The predicted molar refractivity (Wildman–Crippen MR) is 86.5 cm³/mol. The fourth-order valence-electron chi connectivity index (χ4n) is 2.57. The molecule has 126 valence electrons. The first kappa shape index (κ1) is 16.7. The highest BCUT2D eigenvalue weighted by Gasteiger charge is 2.25. The molecule has 0 saturated heterocycles. The number of hydrogen-bond acceptors (Lipinski definition) is 4. The van der Waals surface area contributed by atoms with Crippen LogP contribution in [0.4, 0.5) is 3.89 Å². The summed E-state index contributed by atoms with van der Waals surface area (Å²) in [4.78, 5) is 11.8. The SMILES string of the molecule is O=C(NC1CCOc2c(Cl)cccc21)c1cccc(S(=O)(=O)F)c1. The molecule has 5 nitrogen and oxygen atoms in total.